The van der Waals surface area contributed by atoms with Gasteiger partial charge in [0.25, 0.3) is 0 Å². The first-order valence-electron chi connectivity index (χ1n) is 5.56. The summed E-state index contributed by atoms with van der Waals surface area (Å²) in [6, 6.07) is 2.63. The molecule has 0 saturated carbocycles. The van der Waals surface area contributed by atoms with Gasteiger partial charge in [-0.3, -0.25) is 10.1 Å². The van der Waals surface area contributed by atoms with Crippen molar-refractivity contribution in [2.75, 3.05) is 5.32 Å². The Morgan fingerprint density at radius 3 is 2.62 bits per heavy atom. The van der Waals surface area contributed by atoms with E-state index in [0.717, 1.165) is 17.4 Å². The normalized spacial score (nSPS) is 10.4. The maximum atomic E-state index is 13.5. The van der Waals surface area contributed by atoms with Crippen molar-refractivity contribution in [1.82, 2.24) is 0 Å². The number of nitrogens with zero attached hydrogens (tertiary/aromatic N) is 1. The largest absolute Gasteiger partial charge is 0.478 e. The molecule has 9 heteroatoms. The third kappa shape index (κ3) is 3.31. The van der Waals surface area contributed by atoms with E-state index in [0.29, 0.717) is 11.6 Å². The van der Waals surface area contributed by atoms with Crippen LogP contribution in [-0.2, 0) is 6.54 Å². The van der Waals surface area contributed by atoms with Crippen LogP contribution in [-0.4, -0.2) is 16.0 Å². The van der Waals surface area contributed by atoms with E-state index in [4.69, 9.17) is 5.11 Å². The van der Waals surface area contributed by atoms with Crippen molar-refractivity contribution in [2.24, 2.45) is 0 Å². The number of rotatable bonds is 5. The molecule has 0 spiro atoms. The maximum absolute atomic E-state index is 13.5. The third-order valence-electron chi connectivity index (χ3n) is 2.59. The fourth-order valence-electron chi connectivity index (χ4n) is 1.60. The number of carbonyl (C=O) groups is 1. The average Bonchev–Trinajstić information content (AvgIpc) is 2.86. The van der Waals surface area contributed by atoms with Crippen LogP contribution in [0.5, 0.6) is 0 Å². The van der Waals surface area contributed by atoms with Crippen LogP contribution in [0.2, 0.25) is 0 Å². The van der Waals surface area contributed by atoms with Crippen molar-refractivity contribution in [3.8, 4) is 0 Å². The second-order valence-corrected chi connectivity index (χ2v) is 4.91. The molecule has 1 aromatic heterocycles. The van der Waals surface area contributed by atoms with Crippen molar-refractivity contribution >= 4 is 28.0 Å². The van der Waals surface area contributed by atoms with Crippen molar-refractivity contribution in [1.29, 1.82) is 0 Å². The Labute approximate surface area is 120 Å². The van der Waals surface area contributed by atoms with Crippen LogP contribution in [0.4, 0.5) is 19.5 Å². The third-order valence-corrected chi connectivity index (χ3v) is 3.52. The van der Waals surface area contributed by atoms with E-state index >= 15 is 0 Å². The second kappa shape index (κ2) is 5.83. The van der Waals surface area contributed by atoms with Gasteiger partial charge in [0.2, 0.25) is 0 Å². The summed E-state index contributed by atoms with van der Waals surface area (Å²) in [5.74, 6) is -3.62. The Hall–Kier alpha value is -2.55. The highest BCUT2D eigenvalue weighted by Crippen LogP contribution is 2.24. The average molecular weight is 314 g/mol. The van der Waals surface area contributed by atoms with Crippen LogP contribution >= 0.6 is 11.3 Å². The van der Waals surface area contributed by atoms with Crippen molar-refractivity contribution in [2.45, 2.75) is 6.54 Å². The highest BCUT2D eigenvalue weighted by molar-refractivity contribution is 7.13. The minimum Gasteiger partial charge on any atom is -0.478 e. The van der Waals surface area contributed by atoms with E-state index in [-0.39, 0.29) is 17.2 Å². The molecule has 0 aliphatic carbocycles. The lowest BCUT2D eigenvalue weighted by Crippen LogP contribution is -2.06. The van der Waals surface area contributed by atoms with Gasteiger partial charge in [-0.15, -0.1) is 0 Å². The summed E-state index contributed by atoms with van der Waals surface area (Å²) in [4.78, 5) is 20.8. The van der Waals surface area contributed by atoms with Gasteiger partial charge in [0.1, 0.15) is 11.6 Å². The standard InChI is InChI=1S/C12H8F2N2O4S/c13-8-3-9(14)10(2-7(8)12(17)18)15-4-6-1-11(16(19)20)21-5-6/h1-3,5,15H,4H2,(H,17,18). The van der Waals surface area contributed by atoms with Crippen LogP contribution in [0, 0.1) is 21.7 Å². The Morgan fingerprint density at radius 2 is 2.05 bits per heavy atom. The monoisotopic (exact) mass is 314 g/mol. The second-order valence-electron chi connectivity index (χ2n) is 4.02. The first-order valence-corrected chi connectivity index (χ1v) is 6.44. The predicted molar refractivity (Wildman–Crippen MR) is 71.6 cm³/mol. The molecule has 0 atom stereocenters. The van der Waals surface area contributed by atoms with Gasteiger partial charge in [0.05, 0.1) is 16.2 Å². The maximum Gasteiger partial charge on any atom is 0.338 e. The van der Waals surface area contributed by atoms with Gasteiger partial charge in [-0.05, 0) is 11.6 Å². The highest BCUT2D eigenvalue weighted by Gasteiger charge is 2.15. The number of halogens is 2. The summed E-state index contributed by atoms with van der Waals surface area (Å²) in [5, 5.41) is 23.3. The number of aromatic carboxylic acids is 1. The van der Waals surface area contributed by atoms with E-state index in [2.05, 4.69) is 5.32 Å². The zero-order valence-electron chi connectivity index (χ0n) is 10.3. The molecule has 2 aromatic rings. The first kappa shape index (κ1) is 14.9. The molecule has 0 unspecified atom stereocenters. The number of anilines is 1. The van der Waals surface area contributed by atoms with Gasteiger partial charge in [0.15, 0.2) is 0 Å². The zero-order valence-corrected chi connectivity index (χ0v) is 11.1. The zero-order chi connectivity index (χ0) is 15.6. The van der Waals surface area contributed by atoms with Crippen LogP contribution in [0.3, 0.4) is 0 Å². The summed E-state index contributed by atoms with van der Waals surface area (Å²) in [7, 11) is 0. The molecule has 21 heavy (non-hydrogen) atoms. The molecule has 0 saturated heterocycles. The summed E-state index contributed by atoms with van der Waals surface area (Å²) in [6.45, 7) is 0.0476. The van der Waals surface area contributed by atoms with E-state index in [9.17, 15) is 23.7 Å². The molecule has 6 nitrogen and oxygen atoms in total. The summed E-state index contributed by atoms with van der Waals surface area (Å²) in [5.41, 5.74) is -0.315. The SMILES string of the molecule is O=C(O)c1cc(NCc2csc([N+](=O)[O-])c2)c(F)cc1F. The van der Waals surface area contributed by atoms with Crippen LogP contribution < -0.4 is 5.32 Å². The molecular formula is C12H8F2N2O4S. The van der Waals surface area contributed by atoms with Gasteiger partial charge < -0.3 is 10.4 Å². The van der Waals surface area contributed by atoms with Gasteiger partial charge in [-0.25, -0.2) is 13.6 Å². The van der Waals surface area contributed by atoms with Gasteiger partial charge >= 0.3 is 11.0 Å². The van der Waals surface area contributed by atoms with E-state index in [1.165, 1.54) is 11.4 Å². The molecule has 0 aliphatic rings. The summed E-state index contributed by atoms with van der Waals surface area (Å²) in [6.07, 6.45) is 0. The summed E-state index contributed by atoms with van der Waals surface area (Å²) >= 11 is 0.921. The molecular weight excluding hydrogens is 306 g/mol. The molecule has 0 radical (unpaired) electrons. The molecule has 0 aliphatic heterocycles. The van der Waals surface area contributed by atoms with E-state index in [1.54, 1.807) is 0 Å². The highest BCUT2D eigenvalue weighted by atomic mass is 32.1. The molecule has 1 heterocycles. The molecule has 0 bridgehead atoms. The lowest BCUT2D eigenvalue weighted by Gasteiger charge is -2.08. The Balaban J connectivity index is 2.17. The molecule has 2 N–H and O–H groups in total. The van der Waals surface area contributed by atoms with Crippen LogP contribution in [0.1, 0.15) is 15.9 Å². The lowest BCUT2D eigenvalue weighted by atomic mass is 10.1. The van der Waals surface area contributed by atoms with Gasteiger partial charge in [-0.2, -0.15) is 0 Å². The van der Waals surface area contributed by atoms with Crippen molar-refractivity contribution in [3.63, 3.8) is 0 Å². The topological polar surface area (TPSA) is 92.5 Å². The van der Waals surface area contributed by atoms with Gasteiger partial charge in [0, 0.05) is 24.1 Å². The number of carboxylic acid groups (broad SMARTS) is 1. The number of carboxylic acids is 1. The minimum atomic E-state index is -1.51. The molecule has 0 fully saturated rings. The van der Waals surface area contributed by atoms with Gasteiger partial charge in [-0.1, -0.05) is 11.3 Å². The van der Waals surface area contributed by atoms with E-state index in [1.807, 2.05) is 0 Å². The fourth-order valence-corrected chi connectivity index (χ4v) is 2.33. The number of nitro groups is 1. The quantitative estimate of drug-likeness (QED) is 0.653. The molecule has 0 amide bonds. The number of nitrogens with one attached hydrogen (secondary N) is 1. The van der Waals surface area contributed by atoms with Crippen molar-refractivity contribution in [3.05, 3.63) is 56.5 Å². The molecule has 110 valence electrons. The van der Waals surface area contributed by atoms with E-state index < -0.39 is 28.1 Å². The Bertz CT molecular complexity index is 717. The Kier molecular flexibility index (Phi) is 4.13. The summed E-state index contributed by atoms with van der Waals surface area (Å²) < 4.78 is 26.7. The Morgan fingerprint density at radius 1 is 1.33 bits per heavy atom. The number of hydrogen-bond donors (Lipinski definition) is 2. The van der Waals surface area contributed by atoms with Crippen LogP contribution in [0.25, 0.3) is 0 Å². The number of benzene rings is 1. The van der Waals surface area contributed by atoms with Crippen LogP contribution in [0.15, 0.2) is 23.6 Å². The fraction of sp³-hybridized carbons (Fsp3) is 0.0833. The number of thiophene rings is 1. The number of hydrogen-bond acceptors (Lipinski definition) is 5. The molecule has 2 rings (SSSR count). The molecule has 1 aromatic carbocycles. The smallest absolute Gasteiger partial charge is 0.338 e. The lowest BCUT2D eigenvalue weighted by molar-refractivity contribution is -0.380. The minimum absolute atomic E-state index is 0.0476. The first-order chi connectivity index (χ1) is 9.88. The predicted octanol–water partition coefficient (Wildman–Crippen LogP) is 3.24. The van der Waals surface area contributed by atoms with Crippen molar-refractivity contribution < 1.29 is 23.6 Å².